The zero-order valence-electron chi connectivity index (χ0n) is 11.5. The smallest absolute Gasteiger partial charge is 0.137 e. The molecule has 2 aromatic carbocycles. The monoisotopic (exact) mass is 389 g/mol. The number of likely N-dealkylation sites (N-methyl/N-ethyl adjacent to an activating group) is 1. The second-order valence-electron chi connectivity index (χ2n) is 4.69. The van der Waals surface area contributed by atoms with Crippen LogP contribution in [0.1, 0.15) is 24.1 Å². The first-order valence-corrected chi connectivity index (χ1v) is 8.19. The molecule has 1 unspecified atom stereocenters. The van der Waals surface area contributed by atoms with Crippen molar-refractivity contribution in [2.45, 2.75) is 19.4 Å². The van der Waals surface area contributed by atoms with Crippen molar-refractivity contribution in [1.29, 1.82) is 0 Å². The minimum Gasteiger partial charge on any atom is -0.310 e. The van der Waals surface area contributed by atoms with E-state index in [1.165, 1.54) is 6.07 Å². The van der Waals surface area contributed by atoms with Crippen molar-refractivity contribution in [2.24, 2.45) is 0 Å². The average molecular weight is 391 g/mol. The second-order valence-corrected chi connectivity index (χ2v) is 6.36. The maximum Gasteiger partial charge on any atom is 0.137 e. The highest BCUT2D eigenvalue weighted by Crippen LogP contribution is 2.30. The van der Waals surface area contributed by atoms with Crippen LogP contribution < -0.4 is 5.32 Å². The lowest BCUT2D eigenvalue weighted by molar-refractivity contribution is 0.546. The van der Waals surface area contributed by atoms with E-state index in [1.54, 1.807) is 12.1 Å². The lowest BCUT2D eigenvalue weighted by atomic mass is 9.98. The number of nitrogens with one attached hydrogen (secondary N) is 1. The van der Waals surface area contributed by atoms with E-state index in [1.807, 2.05) is 25.1 Å². The van der Waals surface area contributed by atoms with Gasteiger partial charge in [0.2, 0.25) is 0 Å². The lowest BCUT2D eigenvalue weighted by Gasteiger charge is -2.20. The van der Waals surface area contributed by atoms with Gasteiger partial charge in [-0.15, -0.1) is 0 Å². The lowest BCUT2D eigenvalue weighted by Crippen LogP contribution is -2.23. The first-order valence-electron chi connectivity index (χ1n) is 6.64. The van der Waals surface area contributed by atoms with E-state index in [0.717, 1.165) is 17.7 Å². The molecular formula is C16H15BrCl2FN. The van der Waals surface area contributed by atoms with Gasteiger partial charge in [-0.25, -0.2) is 4.39 Å². The third kappa shape index (κ3) is 4.19. The molecular weight excluding hydrogens is 376 g/mol. The summed E-state index contributed by atoms with van der Waals surface area (Å²) in [4.78, 5) is 0. The van der Waals surface area contributed by atoms with Gasteiger partial charge in [-0.1, -0.05) is 42.3 Å². The minimum atomic E-state index is -0.273. The van der Waals surface area contributed by atoms with Gasteiger partial charge >= 0.3 is 0 Å². The van der Waals surface area contributed by atoms with Crippen LogP contribution in [0.3, 0.4) is 0 Å². The zero-order chi connectivity index (χ0) is 15.4. The van der Waals surface area contributed by atoms with E-state index in [0.29, 0.717) is 20.9 Å². The van der Waals surface area contributed by atoms with E-state index in [-0.39, 0.29) is 11.9 Å². The number of benzene rings is 2. The summed E-state index contributed by atoms with van der Waals surface area (Å²) < 4.78 is 13.8. The third-order valence-corrected chi connectivity index (χ3v) is 4.58. The summed E-state index contributed by atoms with van der Waals surface area (Å²) in [6.07, 6.45) is 0.643. The Kier molecular flexibility index (Phi) is 6.06. The summed E-state index contributed by atoms with van der Waals surface area (Å²) in [5, 5.41) is 4.68. The highest BCUT2D eigenvalue weighted by molar-refractivity contribution is 9.10. The van der Waals surface area contributed by atoms with Gasteiger partial charge < -0.3 is 5.32 Å². The molecule has 0 heterocycles. The van der Waals surface area contributed by atoms with E-state index < -0.39 is 0 Å². The summed E-state index contributed by atoms with van der Waals surface area (Å²) in [6, 6.07) is 10.5. The normalized spacial score (nSPS) is 12.4. The Morgan fingerprint density at radius 2 is 1.86 bits per heavy atom. The molecule has 0 aromatic heterocycles. The third-order valence-electron chi connectivity index (χ3n) is 3.27. The highest BCUT2D eigenvalue weighted by Gasteiger charge is 2.16. The van der Waals surface area contributed by atoms with Crippen molar-refractivity contribution in [3.63, 3.8) is 0 Å². The molecule has 5 heteroatoms. The summed E-state index contributed by atoms with van der Waals surface area (Å²) in [5.41, 5.74) is 1.88. The van der Waals surface area contributed by atoms with Gasteiger partial charge in [0.25, 0.3) is 0 Å². The second kappa shape index (κ2) is 7.59. The van der Waals surface area contributed by atoms with Gasteiger partial charge in [0.05, 0.1) is 4.47 Å². The summed E-state index contributed by atoms with van der Waals surface area (Å²) in [6.45, 7) is 2.82. The summed E-state index contributed by atoms with van der Waals surface area (Å²) >= 11 is 15.7. The summed E-state index contributed by atoms with van der Waals surface area (Å²) in [5.74, 6) is -0.273. The van der Waals surface area contributed by atoms with Crippen LogP contribution in [-0.4, -0.2) is 6.54 Å². The van der Waals surface area contributed by atoms with Gasteiger partial charge in [-0.05, 0) is 64.3 Å². The Morgan fingerprint density at radius 1 is 1.19 bits per heavy atom. The molecule has 2 rings (SSSR count). The van der Waals surface area contributed by atoms with Crippen LogP contribution in [0, 0.1) is 5.82 Å². The number of hydrogen-bond donors (Lipinski definition) is 1. The van der Waals surface area contributed by atoms with Crippen LogP contribution in [0.2, 0.25) is 10.0 Å². The molecule has 0 bridgehead atoms. The summed E-state index contributed by atoms with van der Waals surface area (Å²) in [7, 11) is 0. The number of hydrogen-bond acceptors (Lipinski definition) is 1. The first kappa shape index (κ1) is 16.8. The minimum absolute atomic E-state index is 0.0179. The Balaban J connectivity index is 2.33. The molecule has 0 aliphatic carbocycles. The van der Waals surface area contributed by atoms with Crippen molar-refractivity contribution in [3.05, 3.63) is 67.9 Å². The number of halogens is 4. The van der Waals surface area contributed by atoms with Crippen LogP contribution in [0.25, 0.3) is 0 Å². The van der Waals surface area contributed by atoms with Gasteiger partial charge in [-0.2, -0.15) is 0 Å². The molecule has 0 saturated heterocycles. The molecule has 0 saturated carbocycles. The first-order chi connectivity index (χ1) is 10.0. The van der Waals surface area contributed by atoms with Crippen molar-refractivity contribution in [3.8, 4) is 0 Å². The maximum atomic E-state index is 13.4. The van der Waals surface area contributed by atoms with E-state index in [4.69, 9.17) is 23.2 Å². The Labute approximate surface area is 142 Å². The maximum absolute atomic E-state index is 13.4. The van der Waals surface area contributed by atoms with Crippen molar-refractivity contribution in [2.75, 3.05) is 6.54 Å². The molecule has 2 aromatic rings. The van der Waals surface area contributed by atoms with E-state index >= 15 is 0 Å². The predicted octanol–water partition coefficient (Wildman–Crippen LogP) is 5.79. The fourth-order valence-electron chi connectivity index (χ4n) is 2.21. The van der Waals surface area contributed by atoms with Crippen LogP contribution in [-0.2, 0) is 6.42 Å². The standard InChI is InChI=1S/C16H15BrCl2FN/c1-2-21-16(10-6-7-15(20)12(17)8-10)9-11-13(18)4-3-5-14(11)19/h3-8,16,21H,2,9H2,1H3. The Hall–Kier alpha value is -0.610. The quantitative estimate of drug-likeness (QED) is 0.681. The molecule has 0 aliphatic rings. The molecule has 0 fully saturated rings. The van der Waals surface area contributed by atoms with Crippen LogP contribution >= 0.6 is 39.1 Å². The molecule has 1 atom stereocenters. The van der Waals surface area contributed by atoms with Crippen molar-refractivity contribution in [1.82, 2.24) is 5.32 Å². The molecule has 0 aliphatic heterocycles. The fraction of sp³-hybridized carbons (Fsp3) is 0.250. The van der Waals surface area contributed by atoms with E-state index in [9.17, 15) is 4.39 Å². The van der Waals surface area contributed by atoms with Crippen LogP contribution in [0.5, 0.6) is 0 Å². The zero-order valence-corrected chi connectivity index (χ0v) is 14.6. The molecule has 112 valence electrons. The molecule has 0 amide bonds. The van der Waals surface area contributed by atoms with Gasteiger partial charge in [0.15, 0.2) is 0 Å². The van der Waals surface area contributed by atoms with Gasteiger partial charge in [0.1, 0.15) is 5.82 Å². The molecule has 21 heavy (non-hydrogen) atoms. The predicted molar refractivity (Wildman–Crippen MR) is 90.7 cm³/mol. The van der Waals surface area contributed by atoms with Crippen LogP contribution in [0.15, 0.2) is 40.9 Å². The van der Waals surface area contributed by atoms with Gasteiger partial charge in [-0.3, -0.25) is 0 Å². The van der Waals surface area contributed by atoms with Crippen molar-refractivity contribution >= 4 is 39.1 Å². The molecule has 1 nitrogen and oxygen atoms in total. The highest BCUT2D eigenvalue weighted by atomic mass is 79.9. The Morgan fingerprint density at radius 3 is 2.43 bits per heavy atom. The van der Waals surface area contributed by atoms with E-state index in [2.05, 4.69) is 21.2 Å². The molecule has 0 radical (unpaired) electrons. The fourth-order valence-corrected chi connectivity index (χ4v) is 3.16. The average Bonchev–Trinajstić information content (AvgIpc) is 2.45. The van der Waals surface area contributed by atoms with Crippen molar-refractivity contribution < 1.29 is 4.39 Å². The molecule has 0 spiro atoms. The number of rotatable bonds is 5. The molecule has 1 N–H and O–H groups in total. The van der Waals surface area contributed by atoms with Gasteiger partial charge in [0, 0.05) is 16.1 Å². The topological polar surface area (TPSA) is 12.0 Å². The van der Waals surface area contributed by atoms with Crippen LogP contribution in [0.4, 0.5) is 4.39 Å². The largest absolute Gasteiger partial charge is 0.310 e. The SMILES string of the molecule is CCNC(Cc1c(Cl)cccc1Cl)c1ccc(F)c(Br)c1. The Bertz CT molecular complexity index is 613.